The summed E-state index contributed by atoms with van der Waals surface area (Å²) in [5.41, 5.74) is 7.00. The minimum atomic E-state index is 0.106. The zero-order valence-corrected chi connectivity index (χ0v) is 20.0. The van der Waals surface area contributed by atoms with E-state index in [1.165, 1.54) is 0 Å². The van der Waals surface area contributed by atoms with Crippen molar-refractivity contribution in [2.45, 2.75) is 12.6 Å². The highest BCUT2D eigenvalue weighted by Gasteiger charge is 2.40. The van der Waals surface area contributed by atoms with E-state index in [1.807, 2.05) is 46.5 Å². The van der Waals surface area contributed by atoms with Gasteiger partial charge in [0.2, 0.25) is 0 Å². The van der Waals surface area contributed by atoms with Crippen molar-refractivity contribution in [3.63, 3.8) is 0 Å². The Morgan fingerprint density at radius 3 is 2.72 bits per heavy atom. The van der Waals surface area contributed by atoms with Crippen LogP contribution in [0.25, 0.3) is 28.3 Å². The average molecular weight is 476 g/mol. The molecule has 1 atom stereocenters. The summed E-state index contributed by atoms with van der Waals surface area (Å²) in [6, 6.07) is 18.7. The van der Waals surface area contributed by atoms with Gasteiger partial charge in [-0.3, -0.25) is 9.47 Å². The van der Waals surface area contributed by atoms with Gasteiger partial charge >= 0.3 is 6.03 Å². The number of rotatable bonds is 2. The third-order valence-corrected chi connectivity index (χ3v) is 7.64. The average Bonchev–Trinajstić information content (AvgIpc) is 3.60. The van der Waals surface area contributed by atoms with Crippen LogP contribution in [0.2, 0.25) is 0 Å². The number of carbonyl (C=O) groups excluding carboxylic acids is 1. The Balaban J connectivity index is 1.27. The Labute approximate surface area is 209 Å². The van der Waals surface area contributed by atoms with Crippen LogP contribution in [0.4, 0.5) is 10.5 Å². The molecule has 8 nitrogen and oxygen atoms in total. The van der Waals surface area contributed by atoms with E-state index >= 15 is 0 Å². The molecule has 0 spiro atoms. The Kier molecular flexibility index (Phi) is 4.56. The normalized spacial score (nSPS) is 18.8. The van der Waals surface area contributed by atoms with E-state index in [0.717, 1.165) is 65.8 Å². The van der Waals surface area contributed by atoms with Crippen LogP contribution in [0.15, 0.2) is 67.1 Å². The molecule has 0 bridgehead atoms. The number of aromatic nitrogens is 3. The van der Waals surface area contributed by atoms with Crippen LogP contribution in [0.1, 0.15) is 11.1 Å². The summed E-state index contributed by atoms with van der Waals surface area (Å²) in [6.07, 6.45) is 5.97. The summed E-state index contributed by atoms with van der Waals surface area (Å²) in [5.74, 6) is 0.888. The fourth-order valence-corrected chi connectivity index (χ4v) is 5.77. The molecule has 0 radical (unpaired) electrons. The van der Waals surface area contributed by atoms with E-state index in [0.29, 0.717) is 12.1 Å². The highest BCUT2D eigenvalue weighted by Crippen LogP contribution is 2.36. The monoisotopic (exact) mass is 475 g/mol. The van der Waals surface area contributed by atoms with Crippen LogP contribution in [0.5, 0.6) is 0 Å². The summed E-state index contributed by atoms with van der Waals surface area (Å²) < 4.78 is 4.36. The fourth-order valence-electron chi connectivity index (χ4n) is 5.77. The van der Waals surface area contributed by atoms with Crippen LogP contribution < -0.4 is 4.90 Å². The molecule has 8 heteroatoms. The maximum Gasteiger partial charge on any atom is 0.324 e. The smallest absolute Gasteiger partial charge is 0.324 e. The van der Waals surface area contributed by atoms with Crippen molar-refractivity contribution >= 4 is 11.7 Å². The summed E-state index contributed by atoms with van der Waals surface area (Å²) in [6.45, 7) is 4.01. The molecule has 178 valence electrons. The third-order valence-electron chi connectivity index (χ3n) is 7.64. The van der Waals surface area contributed by atoms with Gasteiger partial charge in [0.1, 0.15) is 0 Å². The molecule has 0 unspecified atom stereocenters. The molecule has 5 heterocycles. The number of likely N-dealkylation sites (N-methyl/N-ethyl adjacent to an activating group) is 1. The Bertz CT molecular complexity index is 1540. The largest absolute Gasteiger partial charge is 0.340 e. The van der Waals surface area contributed by atoms with Crippen LogP contribution >= 0.6 is 0 Å². The fraction of sp³-hybridized carbons (Fsp3) is 0.250. The summed E-state index contributed by atoms with van der Waals surface area (Å²) in [5, 5.41) is 9.14. The Morgan fingerprint density at radius 2 is 1.89 bits per heavy atom. The second kappa shape index (κ2) is 7.83. The number of benzene rings is 2. The van der Waals surface area contributed by atoms with Crippen molar-refractivity contribution in [3.8, 4) is 34.4 Å². The predicted molar refractivity (Wildman–Crippen MR) is 137 cm³/mol. The lowest BCUT2D eigenvalue weighted by Crippen LogP contribution is -2.50. The van der Waals surface area contributed by atoms with Crippen LogP contribution in [-0.4, -0.2) is 69.2 Å². The topological polar surface area (TPSA) is 73.3 Å². The lowest BCUT2D eigenvalue weighted by atomic mass is 10.1. The predicted octanol–water partition coefficient (Wildman–Crippen LogP) is 3.80. The van der Waals surface area contributed by atoms with Crippen molar-refractivity contribution in [2.75, 3.05) is 38.1 Å². The number of imidazole rings is 1. The molecule has 2 saturated heterocycles. The molecule has 0 aliphatic carbocycles. The van der Waals surface area contributed by atoms with Crippen molar-refractivity contribution in [1.29, 1.82) is 5.26 Å². The number of anilines is 1. The van der Waals surface area contributed by atoms with Gasteiger partial charge < -0.3 is 14.4 Å². The van der Waals surface area contributed by atoms with Gasteiger partial charge in [-0.05, 0) is 54.6 Å². The van der Waals surface area contributed by atoms with Gasteiger partial charge in [-0.1, -0.05) is 12.1 Å². The first-order chi connectivity index (χ1) is 17.6. The van der Waals surface area contributed by atoms with Crippen molar-refractivity contribution in [3.05, 3.63) is 78.2 Å². The molecule has 2 fully saturated rings. The Morgan fingerprint density at radius 1 is 1.03 bits per heavy atom. The molecular weight excluding hydrogens is 450 g/mol. The molecule has 2 amide bonds. The molecule has 2 aromatic heterocycles. The number of piperazine rings is 1. The van der Waals surface area contributed by atoms with E-state index < -0.39 is 0 Å². The minimum Gasteiger partial charge on any atom is -0.340 e. The molecule has 4 aromatic rings. The molecule has 7 rings (SSSR count). The van der Waals surface area contributed by atoms with E-state index in [4.69, 9.17) is 5.26 Å². The van der Waals surface area contributed by atoms with Crippen molar-refractivity contribution < 1.29 is 4.79 Å². The van der Waals surface area contributed by atoms with E-state index in [9.17, 15) is 4.79 Å². The number of urea groups is 1. The maximum absolute atomic E-state index is 13.2. The molecule has 3 aliphatic rings. The summed E-state index contributed by atoms with van der Waals surface area (Å²) in [7, 11) is 2.12. The third kappa shape index (κ3) is 3.17. The highest BCUT2D eigenvalue weighted by atomic mass is 16.2. The van der Waals surface area contributed by atoms with Gasteiger partial charge in [0.15, 0.2) is 5.82 Å². The number of nitriles is 1. The number of fused-ring (bicyclic) bond motifs is 6. The van der Waals surface area contributed by atoms with E-state index in [-0.39, 0.29) is 12.1 Å². The molecule has 2 aromatic carbocycles. The first-order valence-corrected chi connectivity index (χ1v) is 12.2. The molecular formula is C28H25N7O. The standard InChI is InChI=1S/C28H25N7O/c1-31-10-11-33-24(17-31)18-35(28(33)36)23-6-7-25-22(12-23)16-32-15-21(20-4-2-19(14-29)3-5-20)13-26(32)27-30-8-9-34(25)27/h2-9,12-13,15,24H,10-11,16-18H2,1H3/t24-/m1/s1. The minimum absolute atomic E-state index is 0.106. The zero-order valence-electron chi connectivity index (χ0n) is 20.0. The van der Waals surface area contributed by atoms with Gasteiger partial charge in [0.05, 0.1) is 29.1 Å². The lowest BCUT2D eigenvalue weighted by Gasteiger charge is -2.33. The van der Waals surface area contributed by atoms with Gasteiger partial charge in [-0.15, -0.1) is 0 Å². The van der Waals surface area contributed by atoms with Gasteiger partial charge in [0.25, 0.3) is 0 Å². The summed E-state index contributed by atoms with van der Waals surface area (Å²) in [4.78, 5) is 24.2. The van der Waals surface area contributed by atoms with Gasteiger partial charge in [-0.25, -0.2) is 9.78 Å². The van der Waals surface area contributed by atoms with Crippen molar-refractivity contribution in [1.82, 2.24) is 23.9 Å². The van der Waals surface area contributed by atoms with E-state index in [1.54, 1.807) is 0 Å². The number of hydrogen-bond donors (Lipinski definition) is 0. The quantitative estimate of drug-likeness (QED) is 0.389. The summed E-state index contributed by atoms with van der Waals surface area (Å²) >= 11 is 0. The first-order valence-electron chi connectivity index (χ1n) is 12.2. The number of hydrogen-bond acceptors (Lipinski definition) is 4. The molecule has 0 N–H and O–H groups in total. The number of amides is 2. The molecule has 36 heavy (non-hydrogen) atoms. The number of carbonyl (C=O) groups is 1. The van der Waals surface area contributed by atoms with Gasteiger partial charge in [0, 0.05) is 62.6 Å². The highest BCUT2D eigenvalue weighted by molar-refractivity contribution is 5.95. The maximum atomic E-state index is 13.2. The first kappa shape index (κ1) is 21.0. The number of nitrogens with zero attached hydrogens (tertiary/aromatic N) is 7. The second-order valence-corrected chi connectivity index (χ2v) is 9.87. The van der Waals surface area contributed by atoms with Crippen LogP contribution in [-0.2, 0) is 6.54 Å². The van der Waals surface area contributed by atoms with Gasteiger partial charge in [-0.2, -0.15) is 5.26 Å². The van der Waals surface area contributed by atoms with Crippen molar-refractivity contribution in [2.24, 2.45) is 0 Å². The van der Waals surface area contributed by atoms with Crippen LogP contribution in [0.3, 0.4) is 0 Å². The second-order valence-electron chi connectivity index (χ2n) is 9.87. The molecule has 0 saturated carbocycles. The molecule has 3 aliphatic heterocycles. The Hall–Kier alpha value is -4.35. The van der Waals surface area contributed by atoms with E-state index in [2.05, 4.69) is 62.6 Å². The SMILES string of the molecule is CN1CCN2C(=O)N(c3ccc4c(c3)Cn3cc(-c5ccc(C#N)cc5)cc3-c3nccn3-4)C[C@H]2C1. The zero-order chi connectivity index (χ0) is 24.4. The lowest BCUT2D eigenvalue weighted by molar-refractivity contribution is 0.139. The van der Waals surface area contributed by atoms with Crippen LogP contribution in [0, 0.1) is 11.3 Å².